The molecule has 0 saturated heterocycles. The summed E-state index contributed by atoms with van der Waals surface area (Å²) >= 11 is 6.06. The standard InChI is InChI=1S/C18H16ClN3O4S/c1-25-16-7-4-11(19)8-15(16)17-21-18(26-22-17)14-9-13(14)10-2-5-12(6-3-10)27(20,23)24/h2-8,13-14H,9H2,1H3,(H2,20,23,24)/t13-,14+/m1/s1. The van der Waals surface area contributed by atoms with Crippen molar-refractivity contribution in [3.8, 4) is 17.1 Å². The fraction of sp³-hybridized carbons (Fsp3) is 0.222. The van der Waals surface area contributed by atoms with E-state index in [1.54, 1.807) is 37.4 Å². The fourth-order valence-corrected chi connectivity index (χ4v) is 3.78. The molecular formula is C18H16ClN3O4S. The molecule has 2 aromatic carbocycles. The van der Waals surface area contributed by atoms with Crippen LogP contribution >= 0.6 is 11.6 Å². The molecule has 1 aliphatic carbocycles. The summed E-state index contributed by atoms with van der Waals surface area (Å²) in [4.78, 5) is 4.59. The van der Waals surface area contributed by atoms with Gasteiger partial charge in [-0.15, -0.1) is 0 Å². The van der Waals surface area contributed by atoms with E-state index in [0.717, 1.165) is 12.0 Å². The van der Waals surface area contributed by atoms with Crippen molar-refractivity contribution in [2.75, 3.05) is 7.11 Å². The molecule has 0 bridgehead atoms. The van der Waals surface area contributed by atoms with Gasteiger partial charge in [0.05, 0.1) is 17.6 Å². The number of hydrogen-bond acceptors (Lipinski definition) is 6. The van der Waals surface area contributed by atoms with Crippen LogP contribution in [0.4, 0.5) is 0 Å². The highest BCUT2D eigenvalue weighted by Gasteiger charge is 2.43. The highest BCUT2D eigenvalue weighted by Crippen LogP contribution is 2.54. The first-order chi connectivity index (χ1) is 12.9. The molecular weight excluding hydrogens is 390 g/mol. The van der Waals surface area contributed by atoms with Gasteiger partial charge in [-0.3, -0.25) is 0 Å². The van der Waals surface area contributed by atoms with Gasteiger partial charge in [0.1, 0.15) is 5.75 Å². The lowest BCUT2D eigenvalue weighted by Crippen LogP contribution is -2.11. The Labute approximate surface area is 161 Å². The quantitative estimate of drug-likeness (QED) is 0.697. The van der Waals surface area contributed by atoms with Crippen LogP contribution in [-0.4, -0.2) is 25.7 Å². The Morgan fingerprint density at radius 1 is 1.19 bits per heavy atom. The van der Waals surface area contributed by atoms with Gasteiger partial charge < -0.3 is 9.26 Å². The first-order valence-corrected chi connectivity index (χ1v) is 10.1. The molecule has 3 aromatic rings. The highest BCUT2D eigenvalue weighted by atomic mass is 35.5. The summed E-state index contributed by atoms with van der Waals surface area (Å²) in [6.45, 7) is 0. The van der Waals surface area contributed by atoms with Crippen LogP contribution in [0, 0.1) is 0 Å². The van der Waals surface area contributed by atoms with Crippen molar-refractivity contribution in [1.29, 1.82) is 0 Å². The number of aromatic nitrogens is 2. The number of halogens is 1. The fourth-order valence-electron chi connectivity index (χ4n) is 3.09. The minimum Gasteiger partial charge on any atom is -0.496 e. The van der Waals surface area contributed by atoms with Gasteiger partial charge in [-0.05, 0) is 48.2 Å². The summed E-state index contributed by atoms with van der Waals surface area (Å²) in [5.41, 5.74) is 1.67. The molecule has 1 fully saturated rings. The molecule has 7 nitrogen and oxygen atoms in total. The maximum atomic E-state index is 11.4. The van der Waals surface area contributed by atoms with E-state index >= 15 is 0 Å². The summed E-state index contributed by atoms with van der Waals surface area (Å²) in [5, 5.41) is 9.73. The maximum Gasteiger partial charge on any atom is 0.238 e. The molecule has 2 atom stereocenters. The number of ether oxygens (including phenoxy) is 1. The summed E-state index contributed by atoms with van der Waals surface area (Å²) in [6.07, 6.45) is 0.850. The second-order valence-electron chi connectivity index (χ2n) is 6.36. The SMILES string of the molecule is COc1ccc(Cl)cc1-c1noc([C@H]2C[C@@H]2c2ccc(S(N)(=O)=O)cc2)n1. The van der Waals surface area contributed by atoms with Crippen LogP contribution in [0.25, 0.3) is 11.4 Å². The van der Waals surface area contributed by atoms with Crippen molar-refractivity contribution in [2.24, 2.45) is 5.14 Å². The number of hydrogen-bond donors (Lipinski definition) is 1. The van der Waals surface area contributed by atoms with Gasteiger partial charge in [0.25, 0.3) is 0 Å². The average molecular weight is 406 g/mol. The van der Waals surface area contributed by atoms with Crippen LogP contribution in [0.3, 0.4) is 0 Å². The molecule has 0 radical (unpaired) electrons. The molecule has 27 heavy (non-hydrogen) atoms. The number of primary sulfonamides is 1. The molecule has 0 spiro atoms. The van der Waals surface area contributed by atoms with Gasteiger partial charge in [-0.25, -0.2) is 13.6 Å². The molecule has 0 aliphatic heterocycles. The second kappa shape index (κ2) is 6.63. The molecule has 0 unspecified atom stereocenters. The predicted octanol–water partition coefficient (Wildman–Crippen LogP) is 3.32. The molecule has 1 heterocycles. The van der Waals surface area contributed by atoms with E-state index in [-0.39, 0.29) is 16.7 Å². The molecule has 1 aliphatic rings. The predicted molar refractivity (Wildman–Crippen MR) is 99.2 cm³/mol. The van der Waals surface area contributed by atoms with Crippen molar-refractivity contribution in [3.63, 3.8) is 0 Å². The number of nitrogens with two attached hydrogens (primary N) is 1. The third-order valence-electron chi connectivity index (χ3n) is 4.59. The number of rotatable bonds is 5. The van der Waals surface area contributed by atoms with Crippen LogP contribution < -0.4 is 9.88 Å². The van der Waals surface area contributed by atoms with Gasteiger partial charge in [0.2, 0.25) is 21.7 Å². The lowest BCUT2D eigenvalue weighted by molar-refractivity contribution is 0.378. The number of nitrogens with zero attached hydrogens (tertiary/aromatic N) is 2. The lowest BCUT2D eigenvalue weighted by atomic mass is 10.1. The smallest absolute Gasteiger partial charge is 0.238 e. The topological polar surface area (TPSA) is 108 Å². The van der Waals surface area contributed by atoms with E-state index in [0.29, 0.717) is 28.1 Å². The number of sulfonamides is 1. The van der Waals surface area contributed by atoms with Gasteiger partial charge in [-0.1, -0.05) is 28.9 Å². The molecule has 140 valence electrons. The lowest BCUT2D eigenvalue weighted by Gasteiger charge is -2.04. The number of benzene rings is 2. The van der Waals surface area contributed by atoms with Crippen LogP contribution in [0.1, 0.15) is 29.7 Å². The summed E-state index contributed by atoms with van der Waals surface area (Å²) in [7, 11) is -2.13. The Morgan fingerprint density at radius 3 is 2.59 bits per heavy atom. The van der Waals surface area contributed by atoms with Crippen molar-refractivity contribution in [1.82, 2.24) is 10.1 Å². The molecule has 1 saturated carbocycles. The third-order valence-corrected chi connectivity index (χ3v) is 5.75. The van der Waals surface area contributed by atoms with Gasteiger partial charge in [0.15, 0.2) is 0 Å². The minimum absolute atomic E-state index is 0.0941. The Morgan fingerprint density at radius 2 is 1.93 bits per heavy atom. The van der Waals surface area contributed by atoms with Crippen molar-refractivity contribution in [2.45, 2.75) is 23.2 Å². The highest BCUT2D eigenvalue weighted by molar-refractivity contribution is 7.89. The van der Waals surface area contributed by atoms with Crippen molar-refractivity contribution < 1.29 is 17.7 Å². The summed E-state index contributed by atoms with van der Waals surface area (Å²) in [5.74, 6) is 1.86. The Kier molecular flexibility index (Phi) is 4.41. The summed E-state index contributed by atoms with van der Waals surface area (Å²) in [6, 6.07) is 11.8. The van der Waals surface area contributed by atoms with E-state index in [1.165, 1.54) is 12.1 Å². The Balaban J connectivity index is 1.55. The third kappa shape index (κ3) is 3.55. The van der Waals surface area contributed by atoms with Gasteiger partial charge in [0, 0.05) is 10.9 Å². The van der Waals surface area contributed by atoms with E-state index in [2.05, 4.69) is 10.1 Å². The van der Waals surface area contributed by atoms with Crippen LogP contribution in [0.15, 0.2) is 51.9 Å². The zero-order chi connectivity index (χ0) is 19.2. The van der Waals surface area contributed by atoms with Crippen molar-refractivity contribution in [3.05, 3.63) is 58.9 Å². The molecule has 4 rings (SSSR count). The van der Waals surface area contributed by atoms with Crippen molar-refractivity contribution >= 4 is 21.6 Å². The van der Waals surface area contributed by atoms with Crippen LogP contribution in [0.5, 0.6) is 5.75 Å². The van der Waals surface area contributed by atoms with Crippen LogP contribution in [0.2, 0.25) is 5.02 Å². The molecule has 2 N–H and O–H groups in total. The monoisotopic (exact) mass is 405 g/mol. The maximum absolute atomic E-state index is 11.4. The average Bonchev–Trinajstić information content (AvgIpc) is 3.29. The molecule has 9 heteroatoms. The zero-order valence-electron chi connectivity index (χ0n) is 14.3. The number of methoxy groups -OCH3 is 1. The molecule has 0 amide bonds. The Bertz CT molecular complexity index is 1100. The van der Waals surface area contributed by atoms with Gasteiger partial charge in [-0.2, -0.15) is 4.98 Å². The van der Waals surface area contributed by atoms with E-state index in [1.807, 2.05) is 0 Å². The van der Waals surface area contributed by atoms with E-state index < -0.39 is 10.0 Å². The minimum atomic E-state index is -3.69. The van der Waals surface area contributed by atoms with Crippen LogP contribution in [-0.2, 0) is 10.0 Å². The van der Waals surface area contributed by atoms with E-state index in [4.69, 9.17) is 26.0 Å². The molecule has 1 aromatic heterocycles. The Hall–Kier alpha value is -2.42. The second-order valence-corrected chi connectivity index (χ2v) is 8.36. The first kappa shape index (κ1) is 18.0. The van der Waals surface area contributed by atoms with E-state index in [9.17, 15) is 8.42 Å². The van der Waals surface area contributed by atoms with Gasteiger partial charge >= 0.3 is 0 Å². The zero-order valence-corrected chi connectivity index (χ0v) is 15.9. The largest absolute Gasteiger partial charge is 0.496 e. The summed E-state index contributed by atoms with van der Waals surface area (Å²) < 4.78 is 33.5. The first-order valence-electron chi connectivity index (χ1n) is 8.17. The normalized spacial score (nSPS) is 19.1.